The van der Waals surface area contributed by atoms with Gasteiger partial charge >= 0.3 is 0 Å². The Balaban J connectivity index is 2.16. The quantitative estimate of drug-likeness (QED) is 0.711. The maximum Gasteiger partial charge on any atom is 0.120 e. The van der Waals surface area contributed by atoms with Crippen LogP contribution in [0.5, 0.6) is 0 Å². The Morgan fingerprint density at radius 3 is 3.08 bits per heavy atom. The first-order valence-corrected chi connectivity index (χ1v) is 4.90. The van der Waals surface area contributed by atoms with Gasteiger partial charge in [-0.15, -0.1) is 0 Å². The Hall–Kier alpha value is -1.12. The van der Waals surface area contributed by atoms with Crippen molar-refractivity contribution in [1.82, 2.24) is 10.2 Å². The van der Waals surface area contributed by atoms with Gasteiger partial charge in [-0.1, -0.05) is 0 Å². The van der Waals surface area contributed by atoms with Crippen molar-refractivity contribution in [3.05, 3.63) is 17.0 Å². The van der Waals surface area contributed by atoms with Crippen LogP contribution in [-0.4, -0.2) is 16.5 Å². The molecule has 0 aromatic carbocycles. The molecule has 0 amide bonds. The number of aromatic nitrogens is 2. The Bertz CT molecular complexity index is 304. The fraction of sp³-hybridized carbons (Fsp3) is 0.600. The lowest BCUT2D eigenvalue weighted by Crippen LogP contribution is -2.02. The highest BCUT2D eigenvalue weighted by Gasteiger charge is 2.15. The molecule has 1 aromatic rings. The molecule has 1 heterocycles. The zero-order valence-electron chi connectivity index (χ0n) is 7.68. The molecule has 1 aromatic heterocycles. The van der Waals surface area contributed by atoms with Gasteiger partial charge in [0.25, 0.3) is 0 Å². The summed E-state index contributed by atoms with van der Waals surface area (Å²) >= 11 is 0. The third kappa shape index (κ3) is 1.64. The van der Waals surface area contributed by atoms with Crippen molar-refractivity contribution in [3.63, 3.8) is 0 Å². The van der Waals surface area contributed by atoms with Gasteiger partial charge in [0.1, 0.15) is 6.29 Å². The van der Waals surface area contributed by atoms with Gasteiger partial charge in [0, 0.05) is 12.1 Å². The number of H-pyrrole nitrogens is 1. The van der Waals surface area contributed by atoms with Crippen LogP contribution >= 0.6 is 0 Å². The zero-order chi connectivity index (χ0) is 9.10. The van der Waals surface area contributed by atoms with Crippen LogP contribution < -0.4 is 0 Å². The molecule has 1 aliphatic rings. The number of carbonyl (C=O) groups excluding carboxylic acids is 1. The summed E-state index contributed by atoms with van der Waals surface area (Å²) in [4.78, 5) is 10.2. The largest absolute Gasteiger partial charge is 0.303 e. The van der Waals surface area contributed by atoms with Crippen LogP contribution in [0, 0.1) is 0 Å². The number of rotatable bonds is 3. The summed E-state index contributed by atoms with van der Waals surface area (Å²) in [6.07, 6.45) is 7.16. The number of nitrogens with one attached hydrogen (secondary N) is 1. The van der Waals surface area contributed by atoms with Crippen LogP contribution in [0.1, 0.15) is 36.2 Å². The van der Waals surface area contributed by atoms with Crippen LogP contribution in [0.25, 0.3) is 0 Å². The molecule has 3 nitrogen and oxygen atoms in total. The SMILES string of the molecule is O=CCCc1n[nH]c2c1CCCC2. The second-order valence-electron chi connectivity index (χ2n) is 3.54. The topological polar surface area (TPSA) is 45.8 Å². The van der Waals surface area contributed by atoms with Gasteiger partial charge in [-0.25, -0.2) is 0 Å². The molecule has 0 saturated carbocycles. The highest BCUT2D eigenvalue weighted by molar-refractivity contribution is 5.50. The van der Waals surface area contributed by atoms with E-state index in [-0.39, 0.29) is 0 Å². The number of nitrogens with zero attached hydrogens (tertiary/aromatic N) is 1. The van der Waals surface area contributed by atoms with Crippen molar-refractivity contribution in [3.8, 4) is 0 Å². The van der Waals surface area contributed by atoms with E-state index in [1.54, 1.807) is 0 Å². The van der Waals surface area contributed by atoms with Gasteiger partial charge < -0.3 is 4.79 Å². The highest BCUT2D eigenvalue weighted by atomic mass is 16.1. The number of hydrogen-bond acceptors (Lipinski definition) is 2. The minimum absolute atomic E-state index is 0.595. The Kier molecular flexibility index (Phi) is 2.43. The fourth-order valence-corrected chi connectivity index (χ4v) is 1.95. The molecule has 0 aliphatic heterocycles. The maximum absolute atomic E-state index is 10.2. The molecule has 3 heteroatoms. The first-order valence-electron chi connectivity index (χ1n) is 4.90. The van der Waals surface area contributed by atoms with Gasteiger partial charge in [0.05, 0.1) is 5.69 Å². The third-order valence-corrected chi connectivity index (χ3v) is 2.64. The van der Waals surface area contributed by atoms with Gasteiger partial charge in [0.15, 0.2) is 0 Å². The summed E-state index contributed by atoms with van der Waals surface area (Å²) in [7, 11) is 0. The molecular weight excluding hydrogens is 164 g/mol. The van der Waals surface area contributed by atoms with Gasteiger partial charge in [-0.3, -0.25) is 5.10 Å². The molecule has 0 atom stereocenters. The highest BCUT2D eigenvalue weighted by Crippen LogP contribution is 2.22. The normalized spacial score (nSPS) is 15.4. The molecule has 1 aliphatic carbocycles. The lowest BCUT2D eigenvalue weighted by atomic mass is 9.95. The van der Waals surface area contributed by atoms with Gasteiger partial charge in [-0.2, -0.15) is 5.10 Å². The number of aromatic amines is 1. The average Bonchev–Trinajstić information content (AvgIpc) is 2.58. The minimum atomic E-state index is 0.595. The summed E-state index contributed by atoms with van der Waals surface area (Å²) in [5.41, 5.74) is 3.79. The Labute approximate surface area is 77.5 Å². The van der Waals surface area contributed by atoms with Crippen LogP contribution in [0.2, 0.25) is 0 Å². The summed E-state index contributed by atoms with van der Waals surface area (Å²) in [5.74, 6) is 0. The molecule has 1 N–H and O–H groups in total. The first-order chi connectivity index (χ1) is 6.42. The van der Waals surface area contributed by atoms with Crippen molar-refractivity contribution in [2.45, 2.75) is 38.5 Å². The van der Waals surface area contributed by atoms with E-state index < -0.39 is 0 Å². The van der Waals surface area contributed by atoms with E-state index >= 15 is 0 Å². The predicted octanol–water partition coefficient (Wildman–Crippen LogP) is 1.42. The maximum atomic E-state index is 10.2. The van der Waals surface area contributed by atoms with E-state index in [1.165, 1.54) is 24.1 Å². The summed E-state index contributed by atoms with van der Waals surface area (Å²) < 4.78 is 0. The molecule has 0 fully saturated rings. The number of aldehydes is 1. The van der Waals surface area contributed by atoms with E-state index in [2.05, 4.69) is 10.2 Å². The number of carbonyl (C=O) groups is 1. The van der Waals surface area contributed by atoms with E-state index in [0.717, 1.165) is 31.2 Å². The summed E-state index contributed by atoms with van der Waals surface area (Å²) in [6, 6.07) is 0. The van der Waals surface area contributed by atoms with E-state index in [9.17, 15) is 4.79 Å². The third-order valence-electron chi connectivity index (χ3n) is 2.64. The first kappa shape index (κ1) is 8.48. The van der Waals surface area contributed by atoms with E-state index in [0.29, 0.717) is 6.42 Å². The van der Waals surface area contributed by atoms with Gasteiger partial charge in [0.2, 0.25) is 0 Å². The molecule has 0 bridgehead atoms. The summed E-state index contributed by atoms with van der Waals surface area (Å²) in [5, 5.41) is 7.32. The average molecular weight is 178 g/mol. The molecular formula is C10H14N2O. The number of aryl methyl sites for hydroxylation is 2. The molecule has 2 rings (SSSR count). The molecule has 0 saturated heterocycles. The van der Waals surface area contributed by atoms with Crippen molar-refractivity contribution < 1.29 is 4.79 Å². The van der Waals surface area contributed by atoms with E-state index in [1.807, 2.05) is 0 Å². The fourth-order valence-electron chi connectivity index (χ4n) is 1.95. The second kappa shape index (κ2) is 3.73. The Morgan fingerprint density at radius 2 is 2.23 bits per heavy atom. The molecule has 13 heavy (non-hydrogen) atoms. The lowest BCUT2D eigenvalue weighted by molar-refractivity contribution is -0.107. The second-order valence-corrected chi connectivity index (χ2v) is 3.54. The zero-order valence-corrected chi connectivity index (χ0v) is 7.68. The van der Waals surface area contributed by atoms with Crippen LogP contribution in [0.15, 0.2) is 0 Å². The monoisotopic (exact) mass is 178 g/mol. The van der Waals surface area contributed by atoms with Crippen LogP contribution in [0.3, 0.4) is 0 Å². The molecule has 0 spiro atoms. The Morgan fingerprint density at radius 1 is 1.38 bits per heavy atom. The van der Waals surface area contributed by atoms with Crippen molar-refractivity contribution >= 4 is 6.29 Å². The van der Waals surface area contributed by atoms with Crippen LogP contribution in [-0.2, 0) is 24.1 Å². The number of hydrogen-bond donors (Lipinski definition) is 1. The van der Waals surface area contributed by atoms with Crippen molar-refractivity contribution in [2.24, 2.45) is 0 Å². The molecule has 70 valence electrons. The predicted molar refractivity (Wildman–Crippen MR) is 49.6 cm³/mol. The van der Waals surface area contributed by atoms with Crippen LogP contribution in [0.4, 0.5) is 0 Å². The minimum Gasteiger partial charge on any atom is -0.303 e. The van der Waals surface area contributed by atoms with Crippen molar-refractivity contribution in [1.29, 1.82) is 0 Å². The molecule has 0 unspecified atom stereocenters. The van der Waals surface area contributed by atoms with Crippen molar-refractivity contribution in [2.75, 3.05) is 0 Å². The standard InChI is InChI=1S/C10H14N2O/c13-7-3-6-10-8-4-1-2-5-9(8)11-12-10/h7H,1-6H2,(H,11,12). The summed E-state index contributed by atoms with van der Waals surface area (Å²) in [6.45, 7) is 0. The number of fused-ring (bicyclic) bond motifs is 1. The van der Waals surface area contributed by atoms with Gasteiger partial charge in [-0.05, 0) is 37.7 Å². The smallest absolute Gasteiger partial charge is 0.120 e. The van der Waals surface area contributed by atoms with E-state index in [4.69, 9.17) is 0 Å². The molecule has 0 radical (unpaired) electrons. The lowest BCUT2D eigenvalue weighted by Gasteiger charge is -2.10.